The minimum absolute atomic E-state index is 0.0367. The molecule has 1 unspecified atom stereocenters. The molecule has 1 amide bonds. The fourth-order valence-corrected chi connectivity index (χ4v) is 2.03. The van der Waals surface area contributed by atoms with Crippen LogP contribution in [0.1, 0.15) is 13.3 Å². The highest BCUT2D eigenvalue weighted by molar-refractivity contribution is 7.93. The van der Waals surface area contributed by atoms with E-state index in [9.17, 15) is 13.2 Å². The van der Waals surface area contributed by atoms with Gasteiger partial charge in [-0.1, -0.05) is 12.2 Å². The molecule has 15 heavy (non-hydrogen) atoms. The number of thiocarbonyl (C=S) groups is 1. The fourth-order valence-electron chi connectivity index (χ4n) is 0.710. The lowest BCUT2D eigenvalue weighted by atomic mass is 10.4. The van der Waals surface area contributed by atoms with Crippen LogP contribution in [-0.2, 0) is 14.8 Å². The van der Waals surface area contributed by atoms with Gasteiger partial charge in [0.25, 0.3) is 0 Å². The van der Waals surface area contributed by atoms with Gasteiger partial charge in [0.1, 0.15) is 5.25 Å². The van der Waals surface area contributed by atoms with Crippen molar-refractivity contribution in [3.8, 4) is 0 Å². The maximum Gasteiger partial charge on any atom is 0.221 e. The third-order valence-electron chi connectivity index (χ3n) is 1.80. The van der Waals surface area contributed by atoms with Crippen molar-refractivity contribution in [2.45, 2.75) is 18.6 Å². The summed E-state index contributed by atoms with van der Waals surface area (Å²) in [4.78, 5) is 10.7. The molecular weight excluding hydrogens is 238 g/mol. The first-order chi connectivity index (χ1) is 6.81. The Morgan fingerprint density at radius 3 is 2.47 bits per heavy atom. The minimum atomic E-state index is -3.56. The molecule has 0 heterocycles. The van der Waals surface area contributed by atoms with Crippen LogP contribution < -0.4 is 15.8 Å². The van der Waals surface area contributed by atoms with Crippen LogP contribution in [0.5, 0.6) is 0 Å². The number of hydrogen-bond donors (Lipinski definition) is 3. The highest BCUT2D eigenvalue weighted by Gasteiger charge is 2.22. The highest BCUT2D eigenvalue weighted by atomic mass is 32.2. The van der Waals surface area contributed by atoms with Crippen molar-refractivity contribution < 1.29 is 13.2 Å². The maximum absolute atomic E-state index is 11.4. The number of nitrogens with two attached hydrogens (primary N) is 1. The van der Waals surface area contributed by atoms with E-state index in [-0.39, 0.29) is 23.9 Å². The lowest BCUT2D eigenvalue weighted by Gasteiger charge is -2.11. The van der Waals surface area contributed by atoms with Crippen LogP contribution in [0.3, 0.4) is 0 Å². The van der Waals surface area contributed by atoms with Crippen LogP contribution in [-0.4, -0.2) is 38.2 Å². The summed E-state index contributed by atoms with van der Waals surface area (Å²) in [6, 6.07) is 0. The number of amides is 1. The highest BCUT2D eigenvalue weighted by Crippen LogP contribution is 1.98. The summed E-state index contributed by atoms with van der Waals surface area (Å²) in [6.45, 7) is 1.43. The fraction of sp³-hybridized carbons (Fsp3) is 0.714. The van der Waals surface area contributed by atoms with E-state index in [1.807, 2.05) is 0 Å². The van der Waals surface area contributed by atoms with Gasteiger partial charge in [0.15, 0.2) is 0 Å². The van der Waals surface area contributed by atoms with Crippen molar-refractivity contribution in [3.05, 3.63) is 0 Å². The second kappa shape index (κ2) is 5.99. The normalized spacial score (nSPS) is 13.2. The van der Waals surface area contributed by atoms with Crippen LogP contribution in [0.15, 0.2) is 0 Å². The molecule has 1 atom stereocenters. The van der Waals surface area contributed by atoms with Gasteiger partial charge in [-0.3, -0.25) is 4.79 Å². The number of rotatable bonds is 6. The molecule has 8 heteroatoms. The van der Waals surface area contributed by atoms with Gasteiger partial charge in [0.05, 0.1) is 4.99 Å². The molecule has 0 aliphatic rings. The molecule has 0 aromatic carbocycles. The molecule has 0 aliphatic heterocycles. The molecule has 88 valence electrons. The second-order valence-corrected chi connectivity index (χ2v) is 5.46. The average molecular weight is 253 g/mol. The van der Waals surface area contributed by atoms with Gasteiger partial charge < -0.3 is 11.1 Å². The van der Waals surface area contributed by atoms with Crippen LogP contribution >= 0.6 is 12.2 Å². The van der Waals surface area contributed by atoms with Gasteiger partial charge in [-0.05, 0) is 6.92 Å². The van der Waals surface area contributed by atoms with Gasteiger partial charge in [-0.25, -0.2) is 13.1 Å². The molecule has 0 saturated heterocycles. The van der Waals surface area contributed by atoms with Gasteiger partial charge in [0.2, 0.25) is 15.9 Å². The Morgan fingerprint density at radius 2 is 2.07 bits per heavy atom. The Hall–Kier alpha value is -0.730. The van der Waals surface area contributed by atoms with Gasteiger partial charge in [0, 0.05) is 20.0 Å². The third kappa shape index (κ3) is 5.05. The Labute approximate surface area is 94.6 Å². The van der Waals surface area contributed by atoms with Crippen molar-refractivity contribution in [2.75, 3.05) is 13.6 Å². The zero-order valence-corrected chi connectivity index (χ0v) is 10.2. The van der Waals surface area contributed by atoms with Crippen molar-refractivity contribution in [1.29, 1.82) is 0 Å². The van der Waals surface area contributed by atoms with Crippen molar-refractivity contribution >= 4 is 33.1 Å². The Bertz CT molecular complexity index is 339. The zero-order chi connectivity index (χ0) is 12.1. The molecule has 0 radical (unpaired) electrons. The van der Waals surface area contributed by atoms with Crippen LogP contribution in [0.25, 0.3) is 0 Å². The predicted molar refractivity (Wildman–Crippen MR) is 61.9 cm³/mol. The summed E-state index contributed by atoms with van der Waals surface area (Å²) in [5, 5.41) is 1.45. The Morgan fingerprint density at radius 1 is 1.53 bits per heavy atom. The Kier molecular flexibility index (Phi) is 5.69. The maximum atomic E-state index is 11.4. The summed E-state index contributed by atoms with van der Waals surface area (Å²) in [6.07, 6.45) is 0.0831. The largest absolute Gasteiger partial charge is 0.392 e. The standard InChI is InChI=1S/C7H15N3O3S2/c1-5(7(8)14)15(12,13)10-4-3-6(11)9-2/h5,10H,3-4H2,1-2H3,(H2,8,14)(H,9,11). The third-order valence-corrected chi connectivity index (χ3v) is 4.09. The van der Waals surface area contributed by atoms with Crippen LogP contribution in [0, 0.1) is 0 Å². The topological polar surface area (TPSA) is 101 Å². The van der Waals surface area contributed by atoms with E-state index in [0.29, 0.717) is 0 Å². The van der Waals surface area contributed by atoms with E-state index in [1.165, 1.54) is 14.0 Å². The smallest absolute Gasteiger partial charge is 0.221 e. The summed E-state index contributed by atoms with van der Waals surface area (Å²) in [5.41, 5.74) is 5.21. The average Bonchev–Trinajstić information content (AvgIpc) is 2.15. The molecule has 0 rings (SSSR count). The molecule has 0 saturated carbocycles. The van der Waals surface area contributed by atoms with Gasteiger partial charge in [-0.2, -0.15) is 0 Å². The van der Waals surface area contributed by atoms with E-state index in [1.54, 1.807) is 0 Å². The second-order valence-electron chi connectivity index (χ2n) is 2.91. The predicted octanol–water partition coefficient (Wildman–Crippen LogP) is -1.28. The first-order valence-electron chi connectivity index (χ1n) is 4.29. The number of sulfonamides is 1. The summed E-state index contributed by atoms with van der Waals surface area (Å²) in [5.74, 6) is -0.235. The van der Waals surface area contributed by atoms with Crippen molar-refractivity contribution in [1.82, 2.24) is 10.0 Å². The molecule has 0 aromatic heterocycles. The molecule has 0 aliphatic carbocycles. The van der Waals surface area contributed by atoms with E-state index in [4.69, 9.17) is 5.73 Å². The van der Waals surface area contributed by atoms with Crippen molar-refractivity contribution in [3.63, 3.8) is 0 Å². The summed E-state index contributed by atoms with van der Waals surface area (Å²) in [7, 11) is -2.08. The quantitative estimate of drug-likeness (QED) is 0.512. The monoisotopic (exact) mass is 253 g/mol. The summed E-state index contributed by atoms with van der Waals surface area (Å²) >= 11 is 4.57. The molecule has 6 nitrogen and oxygen atoms in total. The van der Waals surface area contributed by atoms with Crippen LogP contribution in [0.4, 0.5) is 0 Å². The zero-order valence-electron chi connectivity index (χ0n) is 8.61. The van der Waals surface area contributed by atoms with E-state index >= 15 is 0 Å². The first kappa shape index (κ1) is 14.3. The summed E-state index contributed by atoms with van der Waals surface area (Å²) < 4.78 is 25.1. The Balaban J connectivity index is 4.17. The van der Waals surface area contributed by atoms with E-state index in [0.717, 1.165) is 0 Å². The number of nitrogens with one attached hydrogen (secondary N) is 2. The van der Waals surface area contributed by atoms with E-state index < -0.39 is 15.3 Å². The number of carbonyl (C=O) groups is 1. The molecule has 4 N–H and O–H groups in total. The van der Waals surface area contributed by atoms with Crippen molar-refractivity contribution in [2.24, 2.45) is 5.73 Å². The molecule has 0 spiro atoms. The van der Waals surface area contributed by atoms with Crippen LogP contribution in [0.2, 0.25) is 0 Å². The lowest BCUT2D eigenvalue weighted by Crippen LogP contribution is -2.41. The number of hydrogen-bond acceptors (Lipinski definition) is 4. The van der Waals surface area contributed by atoms with Gasteiger partial charge in [-0.15, -0.1) is 0 Å². The lowest BCUT2D eigenvalue weighted by molar-refractivity contribution is -0.120. The molecule has 0 aromatic rings. The molecule has 0 fully saturated rings. The first-order valence-corrected chi connectivity index (χ1v) is 6.25. The van der Waals surface area contributed by atoms with Gasteiger partial charge >= 0.3 is 0 Å². The molecule has 0 bridgehead atoms. The molecular formula is C7H15N3O3S2. The minimum Gasteiger partial charge on any atom is -0.392 e. The SMILES string of the molecule is CNC(=O)CCNS(=O)(=O)C(C)C(N)=S. The van der Waals surface area contributed by atoms with E-state index in [2.05, 4.69) is 22.3 Å². The number of carbonyl (C=O) groups excluding carboxylic acids is 1.